The van der Waals surface area contributed by atoms with Crippen LogP contribution in [0, 0.1) is 23.7 Å². The van der Waals surface area contributed by atoms with Crippen molar-refractivity contribution in [2.75, 3.05) is 5.32 Å². The van der Waals surface area contributed by atoms with Crippen molar-refractivity contribution in [3.05, 3.63) is 87.2 Å². The summed E-state index contributed by atoms with van der Waals surface area (Å²) in [4.78, 5) is 39.5. The predicted molar refractivity (Wildman–Crippen MR) is 147 cm³/mol. The molecule has 1 aliphatic heterocycles. The summed E-state index contributed by atoms with van der Waals surface area (Å²) in [5.74, 6) is 0.185. The second kappa shape index (κ2) is 9.02. The summed E-state index contributed by atoms with van der Waals surface area (Å²) in [6.45, 7) is 7.36. The molecule has 9 heteroatoms. The Morgan fingerprint density at radius 2 is 1.95 bits per heavy atom. The Morgan fingerprint density at radius 1 is 1.13 bits per heavy atom. The highest BCUT2D eigenvalue weighted by Gasteiger charge is 2.38. The van der Waals surface area contributed by atoms with Crippen LogP contribution in [-0.4, -0.2) is 29.9 Å². The van der Waals surface area contributed by atoms with Crippen LogP contribution in [0.2, 0.25) is 0 Å². The zero-order chi connectivity index (χ0) is 27.5. The maximum atomic E-state index is 13.7. The van der Waals surface area contributed by atoms with Crippen molar-refractivity contribution < 1.29 is 4.79 Å². The fraction of sp³-hybridized carbons (Fsp3) is 0.333. The van der Waals surface area contributed by atoms with E-state index in [1.807, 2.05) is 19.1 Å². The largest absolute Gasteiger partial charge is 0.342 e. The molecular weight excluding hydrogens is 490 g/mol. The third-order valence-corrected chi connectivity index (χ3v) is 7.92. The van der Waals surface area contributed by atoms with Crippen molar-refractivity contribution in [2.45, 2.75) is 52.5 Å². The maximum absolute atomic E-state index is 13.7. The number of aromatic nitrogens is 5. The fourth-order valence-electron chi connectivity index (χ4n) is 6.08. The van der Waals surface area contributed by atoms with E-state index in [1.54, 1.807) is 25.5 Å². The molecule has 0 saturated carbocycles. The van der Waals surface area contributed by atoms with E-state index in [0.29, 0.717) is 17.9 Å². The number of nitrogens with one attached hydrogen (secondary N) is 1. The molecule has 39 heavy (non-hydrogen) atoms. The number of nitrogens with zero attached hydrogens (tertiary/aromatic N) is 6. The smallest absolute Gasteiger partial charge is 0.274 e. The van der Waals surface area contributed by atoms with Gasteiger partial charge in [-0.15, -0.1) is 0 Å². The van der Waals surface area contributed by atoms with Crippen molar-refractivity contribution in [3.8, 4) is 17.2 Å². The van der Waals surface area contributed by atoms with Gasteiger partial charge in [0.15, 0.2) is 11.5 Å². The minimum Gasteiger partial charge on any atom is -0.342 e. The second-order valence-corrected chi connectivity index (χ2v) is 11.3. The van der Waals surface area contributed by atoms with Gasteiger partial charge in [0.05, 0.1) is 29.7 Å². The first-order chi connectivity index (χ1) is 18.6. The van der Waals surface area contributed by atoms with E-state index < -0.39 is 0 Å². The van der Waals surface area contributed by atoms with Crippen LogP contribution in [-0.2, 0) is 26.4 Å². The molecule has 1 unspecified atom stereocenters. The van der Waals surface area contributed by atoms with E-state index in [-0.39, 0.29) is 28.4 Å². The Labute approximate surface area is 226 Å². The van der Waals surface area contributed by atoms with E-state index in [4.69, 9.17) is 5.26 Å². The summed E-state index contributed by atoms with van der Waals surface area (Å²) in [6.07, 6.45) is 9.01. The molecule has 1 atom stereocenters. The number of Topliss-reactive ketones (excluding diaryl/α,β-unsaturated/α-hetero) is 1. The van der Waals surface area contributed by atoms with Crippen molar-refractivity contribution in [1.82, 2.24) is 24.1 Å². The summed E-state index contributed by atoms with van der Waals surface area (Å²) < 4.78 is 3.75. The van der Waals surface area contributed by atoms with Gasteiger partial charge in [0, 0.05) is 37.2 Å². The second-order valence-electron chi connectivity index (χ2n) is 11.3. The first-order valence-electron chi connectivity index (χ1n) is 13.1. The van der Waals surface area contributed by atoms with Crippen LogP contribution in [0.25, 0.3) is 11.1 Å². The molecule has 0 fully saturated rings. The van der Waals surface area contributed by atoms with Crippen LogP contribution in [0.3, 0.4) is 0 Å². The molecular formula is C30H29N7O2. The van der Waals surface area contributed by atoms with Crippen molar-refractivity contribution in [2.24, 2.45) is 12.5 Å². The van der Waals surface area contributed by atoms with Gasteiger partial charge in [-0.3, -0.25) is 14.6 Å². The number of hydrogen-bond acceptors (Lipinski definition) is 7. The Balaban J connectivity index is 1.34. The number of aryl methyl sites for hydroxylation is 1. The van der Waals surface area contributed by atoms with Crippen LogP contribution >= 0.6 is 0 Å². The Morgan fingerprint density at radius 3 is 2.69 bits per heavy atom. The molecule has 0 bridgehead atoms. The Bertz CT molecular complexity index is 1740. The molecule has 5 heterocycles. The molecule has 1 N–H and O–H groups in total. The normalized spacial score (nSPS) is 17.4. The highest BCUT2D eigenvalue weighted by atomic mass is 16.1. The molecule has 6 rings (SSSR count). The maximum Gasteiger partial charge on any atom is 0.274 e. The van der Waals surface area contributed by atoms with Crippen LogP contribution < -0.4 is 10.9 Å². The molecule has 2 aliphatic rings. The van der Waals surface area contributed by atoms with Crippen molar-refractivity contribution in [1.29, 1.82) is 5.26 Å². The van der Waals surface area contributed by atoms with Crippen LogP contribution in [0.1, 0.15) is 64.9 Å². The van der Waals surface area contributed by atoms with Crippen LogP contribution in [0.15, 0.2) is 47.8 Å². The third kappa shape index (κ3) is 4.22. The lowest BCUT2D eigenvalue weighted by Gasteiger charge is -2.27. The average molecular weight is 520 g/mol. The SMILES string of the molecule is Cc1c(-c2cc(Nc3cnc(C#N)cn3)c(=O)n(C)c2)ccnc1C1CCn2c(cc3c2CC(C)(C)C3)C1=O. The molecule has 4 aromatic heterocycles. The molecule has 196 valence electrons. The van der Waals surface area contributed by atoms with Gasteiger partial charge < -0.3 is 14.5 Å². The van der Waals surface area contributed by atoms with Gasteiger partial charge in [-0.05, 0) is 66.5 Å². The zero-order valence-corrected chi connectivity index (χ0v) is 22.4. The van der Waals surface area contributed by atoms with E-state index in [9.17, 15) is 9.59 Å². The molecule has 9 nitrogen and oxygen atoms in total. The van der Waals surface area contributed by atoms with Crippen LogP contribution in [0.4, 0.5) is 11.5 Å². The van der Waals surface area contributed by atoms with Gasteiger partial charge in [0.2, 0.25) is 0 Å². The monoisotopic (exact) mass is 519 g/mol. The molecule has 1 aliphatic carbocycles. The number of nitriles is 1. The summed E-state index contributed by atoms with van der Waals surface area (Å²) in [7, 11) is 1.69. The fourth-order valence-corrected chi connectivity index (χ4v) is 6.08. The Hall–Kier alpha value is -4.58. The molecule has 0 amide bonds. The summed E-state index contributed by atoms with van der Waals surface area (Å²) >= 11 is 0. The predicted octanol–water partition coefficient (Wildman–Crippen LogP) is 4.46. The number of carbonyl (C=O) groups is 1. The minimum absolute atomic E-state index is 0.128. The summed E-state index contributed by atoms with van der Waals surface area (Å²) in [6, 6.07) is 7.72. The number of carbonyl (C=O) groups excluding carboxylic acids is 1. The summed E-state index contributed by atoms with van der Waals surface area (Å²) in [5, 5.41) is 12.0. The number of pyridine rings is 2. The van der Waals surface area contributed by atoms with Crippen molar-refractivity contribution >= 4 is 17.3 Å². The number of rotatable bonds is 4. The van der Waals surface area contributed by atoms with Gasteiger partial charge in [0.1, 0.15) is 17.6 Å². The van der Waals surface area contributed by atoms with Gasteiger partial charge in [-0.1, -0.05) is 13.8 Å². The van der Waals surface area contributed by atoms with Gasteiger partial charge in [-0.2, -0.15) is 5.26 Å². The number of fused-ring (bicyclic) bond motifs is 3. The average Bonchev–Trinajstić information content (AvgIpc) is 3.40. The standard InChI is InChI=1S/C30H29N7O2/c1-17-21(19-9-23(29(39)36(4)16-19)35-26-15-33-20(13-31)14-34-26)5-7-32-27(17)22-6-8-37-24(28(22)38)10-18-11-30(2,3)12-25(18)37/h5,7,9-10,14-16,22H,6,8,11-12H2,1-4H3,(H,34,35). The zero-order valence-electron chi connectivity index (χ0n) is 22.4. The number of hydrogen-bond donors (Lipinski definition) is 1. The lowest BCUT2D eigenvalue weighted by molar-refractivity contribution is 0.0922. The lowest BCUT2D eigenvalue weighted by Crippen LogP contribution is -2.27. The molecule has 4 aromatic rings. The van der Waals surface area contributed by atoms with Gasteiger partial charge in [0.25, 0.3) is 5.56 Å². The molecule has 0 saturated heterocycles. The highest BCUT2D eigenvalue weighted by molar-refractivity contribution is 6.01. The first kappa shape index (κ1) is 24.7. The quantitative estimate of drug-likeness (QED) is 0.423. The number of ketones is 1. The topological polar surface area (TPSA) is 118 Å². The third-order valence-electron chi connectivity index (χ3n) is 7.92. The summed E-state index contributed by atoms with van der Waals surface area (Å²) in [5.41, 5.74) is 7.39. The van der Waals surface area contributed by atoms with Gasteiger partial charge in [-0.25, -0.2) is 9.97 Å². The van der Waals surface area contributed by atoms with Crippen molar-refractivity contribution in [3.63, 3.8) is 0 Å². The molecule has 0 aromatic carbocycles. The lowest BCUT2D eigenvalue weighted by atomic mass is 9.86. The van der Waals surface area contributed by atoms with E-state index >= 15 is 0 Å². The van der Waals surface area contributed by atoms with E-state index in [1.165, 1.54) is 28.2 Å². The highest BCUT2D eigenvalue weighted by Crippen LogP contribution is 2.42. The van der Waals surface area contributed by atoms with Gasteiger partial charge >= 0.3 is 0 Å². The number of anilines is 2. The first-order valence-corrected chi connectivity index (χ1v) is 13.1. The van der Waals surface area contributed by atoms with E-state index in [0.717, 1.165) is 47.5 Å². The molecule has 0 radical (unpaired) electrons. The minimum atomic E-state index is -0.306. The Kier molecular flexibility index (Phi) is 5.72. The molecule has 0 spiro atoms. The van der Waals surface area contributed by atoms with E-state index in [2.05, 4.69) is 44.7 Å². The van der Waals surface area contributed by atoms with Crippen LogP contribution in [0.5, 0.6) is 0 Å².